The smallest absolute Gasteiger partial charge is 0.245 e. The molecule has 2 atom stereocenters. The molecule has 2 unspecified atom stereocenters. The van der Waals surface area contributed by atoms with Gasteiger partial charge in [0.05, 0.1) is 0 Å². The van der Waals surface area contributed by atoms with Crippen molar-refractivity contribution in [1.29, 1.82) is 0 Å². The molecule has 0 aliphatic carbocycles. The van der Waals surface area contributed by atoms with E-state index in [0.29, 0.717) is 11.4 Å². The van der Waals surface area contributed by atoms with Crippen molar-refractivity contribution in [2.24, 2.45) is 0 Å². The van der Waals surface area contributed by atoms with E-state index in [-0.39, 0.29) is 18.4 Å². The number of amides is 1. The second-order valence-electron chi connectivity index (χ2n) is 5.30. The van der Waals surface area contributed by atoms with E-state index in [1.165, 1.54) is 4.90 Å². The van der Waals surface area contributed by atoms with Crippen LogP contribution in [0.4, 0.5) is 5.69 Å². The zero-order valence-electron chi connectivity index (χ0n) is 12.8. The average molecular weight is 352 g/mol. The molecule has 0 radical (unpaired) electrons. The van der Waals surface area contributed by atoms with Crippen LogP contribution in [0.3, 0.4) is 0 Å². The highest BCUT2D eigenvalue weighted by Crippen LogP contribution is 2.29. The van der Waals surface area contributed by atoms with E-state index in [4.69, 9.17) is 23.2 Å². The Balaban J connectivity index is 2.20. The Hall–Kier alpha value is -1.55. The lowest BCUT2D eigenvalue weighted by Gasteiger charge is -2.26. The van der Waals surface area contributed by atoms with E-state index >= 15 is 0 Å². The van der Waals surface area contributed by atoms with Crippen molar-refractivity contribution in [3.05, 3.63) is 65.2 Å². The molecule has 3 nitrogen and oxygen atoms in total. The molecule has 0 fully saturated rings. The van der Waals surface area contributed by atoms with Gasteiger partial charge in [-0.2, -0.15) is 0 Å². The predicted molar refractivity (Wildman–Crippen MR) is 95.4 cm³/mol. The lowest BCUT2D eigenvalue weighted by atomic mass is 9.91. The summed E-state index contributed by atoms with van der Waals surface area (Å²) in [6, 6.07) is 16.5. The number of nitrogens with zero attached hydrogens (tertiary/aromatic N) is 1. The molecule has 23 heavy (non-hydrogen) atoms. The minimum Gasteiger partial charge on any atom is -0.396 e. The van der Waals surface area contributed by atoms with Crippen LogP contribution in [0.25, 0.3) is 0 Å². The fourth-order valence-corrected chi connectivity index (χ4v) is 3.01. The minimum atomic E-state index is -0.759. The Kier molecular flexibility index (Phi) is 6.46. The molecular weight excluding hydrogens is 333 g/mol. The van der Waals surface area contributed by atoms with Gasteiger partial charge < -0.3 is 10.0 Å². The van der Waals surface area contributed by atoms with Gasteiger partial charge in [-0.3, -0.25) is 4.79 Å². The maximum Gasteiger partial charge on any atom is 0.245 e. The zero-order chi connectivity index (χ0) is 16.8. The number of hydrogen-bond acceptors (Lipinski definition) is 2. The van der Waals surface area contributed by atoms with Crippen molar-refractivity contribution in [2.75, 3.05) is 18.6 Å². The summed E-state index contributed by atoms with van der Waals surface area (Å²) in [6.07, 6.45) is 0.429. The monoisotopic (exact) mass is 351 g/mol. The second-order valence-corrected chi connectivity index (χ2v) is 6.21. The van der Waals surface area contributed by atoms with E-state index in [1.807, 2.05) is 30.3 Å². The van der Waals surface area contributed by atoms with Gasteiger partial charge in [-0.05, 0) is 36.2 Å². The van der Waals surface area contributed by atoms with Crippen LogP contribution in [0, 0.1) is 0 Å². The van der Waals surface area contributed by atoms with Crippen LogP contribution in [0.1, 0.15) is 17.9 Å². The van der Waals surface area contributed by atoms with Gasteiger partial charge in [-0.1, -0.05) is 41.9 Å². The van der Waals surface area contributed by atoms with Gasteiger partial charge in [0.15, 0.2) is 0 Å². The SMILES string of the molecule is CN(C(=O)C(Cl)C(CCO)c1ccccc1)c1ccc(Cl)cc1. The molecule has 0 aromatic heterocycles. The number of benzene rings is 2. The summed E-state index contributed by atoms with van der Waals surface area (Å²) >= 11 is 12.3. The third kappa shape index (κ3) is 4.47. The first-order valence-corrected chi connectivity index (χ1v) is 8.19. The summed E-state index contributed by atoms with van der Waals surface area (Å²) in [7, 11) is 1.68. The summed E-state index contributed by atoms with van der Waals surface area (Å²) in [6.45, 7) is -0.0271. The van der Waals surface area contributed by atoms with Gasteiger partial charge in [-0.15, -0.1) is 11.6 Å². The highest BCUT2D eigenvalue weighted by Gasteiger charge is 2.30. The molecule has 2 aromatic rings. The van der Waals surface area contributed by atoms with E-state index in [1.54, 1.807) is 31.3 Å². The number of halogens is 2. The van der Waals surface area contributed by atoms with Crippen molar-refractivity contribution in [3.8, 4) is 0 Å². The van der Waals surface area contributed by atoms with Crippen molar-refractivity contribution in [3.63, 3.8) is 0 Å². The number of rotatable bonds is 6. The largest absolute Gasteiger partial charge is 0.396 e. The van der Waals surface area contributed by atoms with Crippen LogP contribution < -0.4 is 4.90 Å². The highest BCUT2D eigenvalue weighted by molar-refractivity contribution is 6.33. The van der Waals surface area contributed by atoms with Crippen LogP contribution in [0.2, 0.25) is 5.02 Å². The average Bonchev–Trinajstić information content (AvgIpc) is 2.59. The summed E-state index contributed by atoms with van der Waals surface area (Å²) in [5.41, 5.74) is 1.67. The zero-order valence-corrected chi connectivity index (χ0v) is 14.3. The second kappa shape index (κ2) is 8.34. The molecule has 122 valence electrons. The first-order chi connectivity index (χ1) is 11.0. The first kappa shape index (κ1) is 17.8. The van der Waals surface area contributed by atoms with Gasteiger partial charge in [-0.25, -0.2) is 0 Å². The molecule has 0 spiro atoms. The normalized spacial score (nSPS) is 13.4. The maximum absolute atomic E-state index is 12.7. The van der Waals surface area contributed by atoms with E-state index < -0.39 is 5.38 Å². The Bertz CT molecular complexity index is 631. The van der Waals surface area contributed by atoms with Crippen LogP contribution in [-0.2, 0) is 4.79 Å². The van der Waals surface area contributed by atoms with Crippen LogP contribution in [0.5, 0.6) is 0 Å². The molecule has 0 aliphatic rings. The van der Waals surface area contributed by atoms with Crippen molar-refractivity contribution in [1.82, 2.24) is 0 Å². The van der Waals surface area contributed by atoms with E-state index in [9.17, 15) is 9.90 Å². The molecule has 5 heteroatoms. The first-order valence-electron chi connectivity index (χ1n) is 7.37. The maximum atomic E-state index is 12.7. The number of carbonyl (C=O) groups is 1. The Labute approximate surface area is 146 Å². The summed E-state index contributed by atoms with van der Waals surface area (Å²) in [4.78, 5) is 14.2. The molecular formula is C18H19Cl2NO2. The Morgan fingerprint density at radius 2 is 1.74 bits per heavy atom. The minimum absolute atomic E-state index is 0.0271. The van der Waals surface area contributed by atoms with Gasteiger partial charge in [0.1, 0.15) is 5.38 Å². The number of aliphatic hydroxyl groups is 1. The molecule has 1 amide bonds. The fourth-order valence-electron chi connectivity index (χ4n) is 2.47. The molecule has 2 aromatic carbocycles. The lowest BCUT2D eigenvalue weighted by molar-refractivity contribution is -0.118. The fraction of sp³-hybridized carbons (Fsp3) is 0.278. The van der Waals surface area contributed by atoms with Gasteiger partial charge in [0, 0.05) is 30.3 Å². The van der Waals surface area contributed by atoms with Crippen LogP contribution in [-0.4, -0.2) is 30.0 Å². The van der Waals surface area contributed by atoms with Gasteiger partial charge in [0.25, 0.3) is 0 Å². The highest BCUT2D eigenvalue weighted by atomic mass is 35.5. The summed E-state index contributed by atoms with van der Waals surface area (Å²) in [5, 5.41) is 9.17. The number of alkyl halides is 1. The molecule has 0 bridgehead atoms. The molecule has 0 saturated carbocycles. The number of anilines is 1. The van der Waals surface area contributed by atoms with Crippen molar-refractivity contribution >= 4 is 34.8 Å². The Morgan fingerprint density at radius 3 is 2.30 bits per heavy atom. The van der Waals surface area contributed by atoms with E-state index in [0.717, 1.165) is 11.3 Å². The standard InChI is InChI=1S/C18H19Cl2NO2/c1-21(15-9-7-14(19)8-10-15)18(23)17(20)16(11-12-22)13-5-3-2-4-6-13/h2-10,16-17,22H,11-12H2,1H3. The molecule has 0 aliphatic heterocycles. The Morgan fingerprint density at radius 1 is 1.13 bits per heavy atom. The van der Waals surface area contributed by atoms with Crippen molar-refractivity contribution in [2.45, 2.75) is 17.7 Å². The predicted octanol–water partition coefficient (Wildman–Crippen LogP) is 4.08. The third-order valence-corrected chi connectivity index (χ3v) is 4.54. The molecule has 0 heterocycles. The summed E-state index contributed by atoms with van der Waals surface area (Å²) < 4.78 is 0. The number of aliphatic hydroxyl groups excluding tert-OH is 1. The number of carbonyl (C=O) groups excluding carboxylic acids is 1. The molecule has 0 saturated heterocycles. The van der Waals surface area contributed by atoms with Crippen molar-refractivity contribution < 1.29 is 9.90 Å². The molecule has 1 N–H and O–H groups in total. The van der Waals surface area contributed by atoms with Crippen LogP contribution in [0.15, 0.2) is 54.6 Å². The molecule has 2 rings (SSSR count). The quantitative estimate of drug-likeness (QED) is 0.796. The van der Waals surface area contributed by atoms with Gasteiger partial charge >= 0.3 is 0 Å². The lowest BCUT2D eigenvalue weighted by Crippen LogP contribution is -2.37. The topological polar surface area (TPSA) is 40.5 Å². The summed E-state index contributed by atoms with van der Waals surface area (Å²) in [5.74, 6) is -0.457. The number of hydrogen-bond donors (Lipinski definition) is 1. The van der Waals surface area contributed by atoms with Crippen LogP contribution >= 0.6 is 23.2 Å². The van der Waals surface area contributed by atoms with Gasteiger partial charge in [0.2, 0.25) is 5.91 Å². The third-order valence-electron chi connectivity index (χ3n) is 3.80. The van der Waals surface area contributed by atoms with E-state index in [2.05, 4.69) is 0 Å².